The van der Waals surface area contributed by atoms with Crippen LogP contribution < -0.4 is 10.1 Å². The molecular formula is C23H23N5O2S2. The lowest BCUT2D eigenvalue weighted by Gasteiger charge is -2.09. The number of fused-ring (bicyclic) bond motifs is 1. The average molecular weight is 466 g/mol. The maximum atomic E-state index is 12.4. The Morgan fingerprint density at radius 3 is 2.78 bits per heavy atom. The molecule has 4 aromatic rings. The van der Waals surface area contributed by atoms with Crippen molar-refractivity contribution in [3.8, 4) is 5.75 Å². The number of thioether (sulfide) groups is 1. The molecular weight excluding hydrogens is 442 g/mol. The molecule has 2 aromatic heterocycles. The van der Waals surface area contributed by atoms with Crippen molar-refractivity contribution < 1.29 is 9.53 Å². The number of nitrogens with zero attached hydrogens (tertiary/aromatic N) is 4. The lowest BCUT2D eigenvalue weighted by molar-refractivity contribution is -0.113. The highest BCUT2D eigenvalue weighted by Gasteiger charge is 2.15. The summed E-state index contributed by atoms with van der Waals surface area (Å²) in [5, 5.41) is 12.6. The van der Waals surface area contributed by atoms with E-state index in [9.17, 15) is 4.79 Å². The van der Waals surface area contributed by atoms with Crippen molar-refractivity contribution in [2.75, 3.05) is 11.1 Å². The molecule has 1 amide bonds. The number of hydrogen-bond acceptors (Lipinski definition) is 7. The molecule has 2 aromatic carbocycles. The summed E-state index contributed by atoms with van der Waals surface area (Å²) in [6.07, 6.45) is 2.76. The number of nitrogens with one attached hydrogen (secondary N) is 1. The van der Waals surface area contributed by atoms with Gasteiger partial charge in [-0.3, -0.25) is 9.36 Å². The lowest BCUT2D eigenvalue weighted by atomic mass is 10.2. The summed E-state index contributed by atoms with van der Waals surface area (Å²) in [6.45, 7) is 6.74. The molecule has 7 nitrogen and oxygen atoms in total. The molecule has 0 bridgehead atoms. The van der Waals surface area contributed by atoms with Gasteiger partial charge in [0.15, 0.2) is 16.1 Å². The SMILES string of the molecule is C=CCn1c(COc2ccc(CC)cc2)nnc1SCC(=O)Nc1nc2ccccc2s1. The molecule has 0 unspecified atom stereocenters. The number of rotatable bonds is 10. The molecule has 0 fully saturated rings. The van der Waals surface area contributed by atoms with Crippen molar-refractivity contribution in [1.82, 2.24) is 19.7 Å². The van der Waals surface area contributed by atoms with Gasteiger partial charge < -0.3 is 10.1 Å². The van der Waals surface area contributed by atoms with Crippen LogP contribution >= 0.6 is 23.1 Å². The molecule has 0 aliphatic heterocycles. The Bertz CT molecular complexity index is 1180. The summed E-state index contributed by atoms with van der Waals surface area (Å²) in [5.74, 6) is 1.51. The van der Waals surface area contributed by atoms with E-state index in [-0.39, 0.29) is 18.3 Å². The molecule has 32 heavy (non-hydrogen) atoms. The van der Waals surface area contributed by atoms with E-state index in [0.29, 0.717) is 22.7 Å². The van der Waals surface area contributed by atoms with Gasteiger partial charge in [0.05, 0.1) is 16.0 Å². The Labute approximate surface area is 194 Å². The summed E-state index contributed by atoms with van der Waals surface area (Å²) in [6, 6.07) is 15.8. The van der Waals surface area contributed by atoms with Crippen molar-refractivity contribution in [1.29, 1.82) is 0 Å². The van der Waals surface area contributed by atoms with E-state index in [1.165, 1.54) is 28.7 Å². The van der Waals surface area contributed by atoms with Gasteiger partial charge in [-0.1, -0.05) is 60.4 Å². The molecule has 0 radical (unpaired) electrons. The van der Waals surface area contributed by atoms with E-state index < -0.39 is 0 Å². The Morgan fingerprint density at radius 2 is 2.03 bits per heavy atom. The summed E-state index contributed by atoms with van der Waals surface area (Å²) < 4.78 is 8.82. The minimum Gasteiger partial charge on any atom is -0.486 e. The van der Waals surface area contributed by atoms with Gasteiger partial charge in [0, 0.05) is 6.54 Å². The Balaban J connectivity index is 1.36. The maximum Gasteiger partial charge on any atom is 0.236 e. The van der Waals surface area contributed by atoms with Crippen LogP contribution in [0, 0.1) is 0 Å². The normalized spacial score (nSPS) is 10.9. The zero-order chi connectivity index (χ0) is 22.3. The Hall–Kier alpha value is -3.17. The van der Waals surface area contributed by atoms with Gasteiger partial charge in [-0.2, -0.15) is 0 Å². The smallest absolute Gasteiger partial charge is 0.236 e. The van der Waals surface area contributed by atoms with Crippen LogP contribution in [0.5, 0.6) is 5.75 Å². The largest absolute Gasteiger partial charge is 0.486 e. The van der Waals surface area contributed by atoms with Crippen molar-refractivity contribution >= 4 is 44.4 Å². The Kier molecular flexibility index (Phi) is 7.18. The predicted octanol–water partition coefficient (Wildman–Crippen LogP) is 4.95. The van der Waals surface area contributed by atoms with Gasteiger partial charge in [-0.25, -0.2) is 4.98 Å². The van der Waals surface area contributed by atoms with Gasteiger partial charge in [0.2, 0.25) is 5.91 Å². The van der Waals surface area contributed by atoms with Crippen LogP contribution in [-0.2, 0) is 24.4 Å². The number of aromatic nitrogens is 4. The van der Waals surface area contributed by atoms with Crippen molar-refractivity contribution in [2.45, 2.75) is 31.7 Å². The van der Waals surface area contributed by atoms with Crippen LogP contribution in [0.25, 0.3) is 10.2 Å². The monoisotopic (exact) mass is 465 g/mol. The molecule has 1 N–H and O–H groups in total. The molecule has 164 valence electrons. The molecule has 0 atom stereocenters. The van der Waals surface area contributed by atoms with Gasteiger partial charge >= 0.3 is 0 Å². The third-order valence-electron chi connectivity index (χ3n) is 4.68. The quantitative estimate of drug-likeness (QED) is 0.264. The van der Waals surface area contributed by atoms with Crippen molar-refractivity contribution in [2.24, 2.45) is 0 Å². The highest BCUT2D eigenvalue weighted by molar-refractivity contribution is 7.99. The number of allylic oxidation sites excluding steroid dienone is 1. The van der Waals surface area contributed by atoms with Crippen molar-refractivity contribution in [3.63, 3.8) is 0 Å². The van der Waals surface area contributed by atoms with Crippen molar-refractivity contribution in [3.05, 3.63) is 72.6 Å². The van der Waals surface area contributed by atoms with Gasteiger partial charge in [0.25, 0.3) is 0 Å². The van der Waals surface area contributed by atoms with Gasteiger partial charge in [-0.15, -0.1) is 16.8 Å². The van der Waals surface area contributed by atoms with E-state index in [1.54, 1.807) is 6.08 Å². The van der Waals surface area contributed by atoms with Crippen LogP contribution in [0.4, 0.5) is 5.13 Å². The molecule has 4 rings (SSSR count). The first-order valence-electron chi connectivity index (χ1n) is 10.2. The number of ether oxygens (including phenoxy) is 1. The predicted molar refractivity (Wildman–Crippen MR) is 129 cm³/mol. The molecule has 0 aliphatic carbocycles. The maximum absolute atomic E-state index is 12.4. The molecule has 2 heterocycles. The molecule has 0 spiro atoms. The van der Waals surface area contributed by atoms with Crippen LogP contribution in [0.1, 0.15) is 18.3 Å². The second kappa shape index (κ2) is 10.4. The first kappa shape index (κ1) is 22.0. The highest BCUT2D eigenvalue weighted by atomic mass is 32.2. The Morgan fingerprint density at radius 1 is 1.22 bits per heavy atom. The zero-order valence-electron chi connectivity index (χ0n) is 17.7. The lowest BCUT2D eigenvalue weighted by Crippen LogP contribution is -2.14. The molecule has 0 aliphatic rings. The minimum atomic E-state index is -0.143. The number of hydrogen-bond donors (Lipinski definition) is 1. The summed E-state index contributed by atoms with van der Waals surface area (Å²) in [7, 11) is 0. The van der Waals surface area contributed by atoms with E-state index in [1.807, 2.05) is 41.0 Å². The third kappa shape index (κ3) is 5.35. The average Bonchev–Trinajstić information content (AvgIpc) is 3.40. The summed E-state index contributed by atoms with van der Waals surface area (Å²) >= 11 is 2.77. The second-order valence-electron chi connectivity index (χ2n) is 6.91. The summed E-state index contributed by atoms with van der Waals surface area (Å²) in [5.41, 5.74) is 2.13. The minimum absolute atomic E-state index is 0.143. The number of aryl methyl sites for hydroxylation is 1. The van der Waals surface area contributed by atoms with Crippen LogP contribution in [0.2, 0.25) is 0 Å². The zero-order valence-corrected chi connectivity index (χ0v) is 19.3. The first-order valence-corrected chi connectivity index (χ1v) is 12.0. The van der Waals surface area contributed by atoms with Gasteiger partial charge in [-0.05, 0) is 36.2 Å². The number of benzene rings is 2. The van der Waals surface area contributed by atoms with Crippen LogP contribution in [-0.4, -0.2) is 31.4 Å². The fourth-order valence-electron chi connectivity index (χ4n) is 3.03. The number of amides is 1. The van der Waals surface area contributed by atoms with Crippen LogP contribution in [0.3, 0.4) is 0 Å². The highest BCUT2D eigenvalue weighted by Crippen LogP contribution is 2.26. The van der Waals surface area contributed by atoms with E-state index in [4.69, 9.17) is 4.74 Å². The second-order valence-corrected chi connectivity index (χ2v) is 8.88. The van der Waals surface area contributed by atoms with E-state index >= 15 is 0 Å². The van der Waals surface area contributed by atoms with E-state index in [2.05, 4.69) is 46.1 Å². The molecule has 0 saturated heterocycles. The number of para-hydroxylation sites is 1. The number of anilines is 1. The van der Waals surface area contributed by atoms with Gasteiger partial charge in [0.1, 0.15) is 12.4 Å². The summed E-state index contributed by atoms with van der Waals surface area (Å²) in [4.78, 5) is 16.9. The third-order valence-corrected chi connectivity index (χ3v) is 6.60. The van der Waals surface area contributed by atoms with Crippen LogP contribution in [0.15, 0.2) is 66.3 Å². The molecule has 9 heteroatoms. The fraction of sp³-hybridized carbons (Fsp3) is 0.217. The number of carbonyl (C=O) groups is 1. The fourth-order valence-corrected chi connectivity index (χ4v) is 4.67. The van der Waals surface area contributed by atoms with E-state index in [0.717, 1.165) is 22.4 Å². The number of carbonyl (C=O) groups excluding carboxylic acids is 1. The number of thiazole rings is 1. The first-order chi connectivity index (χ1) is 15.7. The molecule has 0 saturated carbocycles. The topological polar surface area (TPSA) is 81.9 Å². The standard InChI is InChI=1S/C23H23N5O2S2/c1-3-13-28-20(14-30-17-11-9-16(4-2)10-12-17)26-27-23(28)31-15-21(29)25-22-24-18-7-5-6-8-19(18)32-22/h3,5-12H,1,4,13-15H2,2H3,(H,24,25,29).